The summed E-state index contributed by atoms with van der Waals surface area (Å²) in [4.78, 5) is 22.8. The van der Waals surface area contributed by atoms with Gasteiger partial charge in [-0.2, -0.15) is 5.10 Å². The zero-order valence-electron chi connectivity index (χ0n) is 15.2. The molecule has 3 aromatic rings. The molecule has 0 atom stereocenters. The van der Waals surface area contributed by atoms with E-state index in [4.69, 9.17) is 16.3 Å². The van der Waals surface area contributed by atoms with Crippen LogP contribution in [0, 0.1) is 24.0 Å². The van der Waals surface area contributed by atoms with E-state index in [1.54, 1.807) is 43.3 Å². The van der Waals surface area contributed by atoms with Crippen LogP contribution in [0.15, 0.2) is 48.5 Å². The molecule has 0 aliphatic heterocycles. The monoisotopic (exact) mass is 400 g/mol. The van der Waals surface area contributed by atoms with Crippen LogP contribution in [0.1, 0.15) is 11.4 Å². The highest BCUT2D eigenvalue weighted by atomic mass is 35.5. The number of benzene rings is 2. The highest BCUT2D eigenvalue weighted by molar-refractivity contribution is 6.32. The van der Waals surface area contributed by atoms with Gasteiger partial charge in [0.1, 0.15) is 29.4 Å². The van der Waals surface area contributed by atoms with Gasteiger partial charge in [-0.1, -0.05) is 23.7 Å². The van der Waals surface area contributed by atoms with Crippen LogP contribution >= 0.6 is 11.6 Å². The molecule has 9 heteroatoms. The molecular weight excluding hydrogens is 384 g/mol. The molecule has 3 rings (SSSR count). The Morgan fingerprint density at radius 2 is 1.89 bits per heavy atom. The normalized spacial score (nSPS) is 10.5. The molecule has 1 amide bonds. The Bertz CT molecular complexity index is 1030. The number of aryl methyl sites for hydroxylation is 1. The molecule has 8 nitrogen and oxygen atoms in total. The molecular formula is C19H17ClN4O4. The molecule has 1 aromatic heterocycles. The van der Waals surface area contributed by atoms with Gasteiger partial charge >= 0.3 is 5.69 Å². The van der Waals surface area contributed by atoms with E-state index in [2.05, 4.69) is 10.4 Å². The van der Waals surface area contributed by atoms with Crippen molar-refractivity contribution < 1.29 is 14.5 Å². The Morgan fingerprint density at radius 1 is 1.21 bits per heavy atom. The van der Waals surface area contributed by atoms with Gasteiger partial charge in [0.2, 0.25) is 5.91 Å². The van der Waals surface area contributed by atoms with Crippen LogP contribution in [0.2, 0.25) is 5.02 Å². The van der Waals surface area contributed by atoms with E-state index in [0.29, 0.717) is 27.9 Å². The minimum absolute atomic E-state index is 0.0751. The Balaban J connectivity index is 1.64. The first-order valence-electron chi connectivity index (χ1n) is 8.36. The summed E-state index contributed by atoms with van der Waals surface area (Å²) in [6, 6.07) is 13.9. The van der Waals surface area contributed by atoms with Crippen LogP contribution in [0.5, 0.6) is 11.5 Å². The van der Waals surface area contributed by atoms with E-state index in [1.807, 2.05) is 12.1 Å². The lowest BCUT2D eigenvalue weighted by Gasteiger charge is -2.09. The van der Waals surface area contributed by atoms with Crippen molar-refractivity contribution in [3.05, 3.63) is 75.1 Å². The number of ether oxygens (including phenoxy) is 1. The van der Waals surface area contributed by atoms with Crippen molar-refractivity contribution in [1.29, 1.82) is 0 Å². The number of nitrogens with one attached hydrogen (secondary N) is 1. The van der Waals surface area contributed by atoms with Crippen molar-refractivity contribution >= 4 is 28.9 Å². The number of amides is 1. The van der Waals surface area contributed by atoms with Crippen molar-refractivity contribution in [3.8, 4) is 11.5 Å². The van der Waals surface area contributed by atoms with Gasteiger partial charge in [-0.25, -0.2) is 0 Å². The number of hydrogen-bond acceptors (Lipinski definition) is 5. The number of carbonyl (C=O) groups excluding carboxylic acids is 1. The van der Waals surface area contributed by atoms with Crippen molar-refractivity contribution in [1.82, 2.24) is 9.78 Å². The molecule has 28 heavy (non-hydrogen) atoms. The van der Waals surface area contributed by atoms with Gasteiger partial charge < -0.3 is 10.1 Å². The third-order valence-electron chi connectivity index (χ3n) is 4.02. The number of carbonyl (C=O) groups is 1. The lowest BCUT2D eigenvalue weighted by molar-refractivity contribution is -0.386. The molecule has 0 bridgehead atoms. The van der Waals surface area contributed by atoms with Crippen LogP contribution in [-0.2, 0) is 11.3 Å². The first-order chi connectivity index (χ1) is 13.3. The van der Waals surface area contributed by atoms with Gasteiger partial charge in [0.05, 0.1) is 9.95 Å². The molecule has 144 valence electrons. The average molecular weight is 401 g/mol. The molecule has 0 spiro atoms. The average Bonchev–Trinajstić information content (AvgIpc) is 2.92. The van der Waals surface area contributed by atoms with Crippen molar-refractivity contribution in [2.24, 2.45) is 0 Å². The molecule has 2 aromatic carbocycles. The second-order valence-electron chi connectivity index (χ2n) is 6.04. The zero-order chi connectivity index (χ0) is 20.3. The predicted molar refractivity (Wildman–Crippen MR) is 105 cm³/mol. The third kappa shape index (κ3) is 4.29. The predicted octanol–water partition coefficient (Wildman–Crippen LogP) is 4.49. The van der Waals surface area contributed by atoms with Crippen LogP contribution in [-0.4, -0.2) is 20.6 Å². The van der Waals surface area contributed by atoms with E-state index < -0.39 is 4.92 Å². The van der Waals surface area contributed by atoms with E-state index in [1.165, 1.54) is 11.6 Å². The number of rotatable bonds is 6. The SMILES string of the molecule is Cc1nn(CC(=O)Nc2ccc(Oc3ccccc3Cl)cc2)c(C)c1[N+](=O)[O-]. The Hall–Kier alpha value is -3.39. The molecule has 0 fully saturated rings. The van der Waals surface area contributed by atoms with E-state index in [0.717, 1.165) is 0 Å². The van der Waals surface area contributed by atoms with Crippen LogP contribution in [0.4, 0.5) is 11.4 Å². The smallest absolute Gasteiger partial charge is 0.312 e. The minimum Gasteiger partial charge on any atom is -0.456 e. The van der Waals surface area contributed by atoms with E-state index in [-0.39, 0.29) is 23.8 Å². The van der Waals surface area contributed by atoms with Crippen LogP contribution in [0.25, 0.3) is 0 Å². The number of aromatic nitrogens is 2. The molecule has 0 saturated carbocycles. The summed E-state index contributed by atoms with van der Waals surface area (Å²) in [6.07, 6.45) is 0. The number of anilines is 1. The summed E-state index contributed by atoms with van der Waals surface area (Å²) in [7, 11) is 0. The third-order valence-corrected chi connectivity index (χ3v) is 4.33. The molecule has 0 unspecified atom stereocenters. The molecule has 0 aliphatic carbocycles. The fraction of sp³-hybridized carbons (Fsp3) is 0.158. The molecule has 0 saturated heterocycles. The molecule has 1 heterocycles. The standard InChI is InChI=1S/C19H17ClN4O4/c1-12-19(24(26)27)13(2)23(22-12)11-18(25)21-14-7-9-15(10-8-14)28-17-6-4-3-5-16(17)20/h3-10H,11H2,1-2H3,(H,21,25). The second kappa shape index (κ2) is 8.10. The first kappa shape index (κ1) is 19.4. The summed E-state index contributed by atoms with van der Waals surface area (Å²) >= 11 is 6.06. The topological polar surface area (TPSA) is 99.3 Å². The lowest BCUT2D eigenvalue weighted by Crippen LogP contribution is -2.20. The highest BCUT2D eigenvalue weighted by Gasteiger charge is 2.22. The fourth-order valence-electron chi connectivity index (χ4n) is 2.70. The minimum atomic E-state index is -0.496. The number of hydrogen-bond donors (Lipinski definition) is 1. The summed E-state index contributed by atoms with van der Waals surface area (Å²) in [5.74, 6) is 0.757. The maximum atomic E-state index is 12.3. The zero-order valence-corrected chi connectivity index (χ0v) is 15.9. The molecule has 1 N–H and O–H groups in total. The number of nitrogens with zero attached hydrogens (tertiary/aromatic N) is 3. The van der Waals surface area contributed by atoms with Crippen molar-refractivity contribution in [3.63, 3.8) is 0 Å². The Kier molecular flexibility index (Phi) is 5.60. The van der Waals surface area contributed by atoms with Gasteiger partial charge in [-0.3, -0.25) is 19.6 Å². The lowest BCUT2D eigenvalue weighted by atomic mass is 10.3. The summed E-state index contributed by atoms with van der Waals surface area (Å²) in [6.45, 7) is 2.97. The quantitative estimate of drug-likeness (QED) is 0.485. The van der Waals surface area contributed by atoms with E-state index >= 15 is 0 Å². The number of para-hydroxylation sites is 1. The van der Waals surface area contributed by atoms with Gasteiger partial charge in [-0.15, -0.1) is 0 Å². The second-order valence-corrected chi connectivity index (χ2v) is 6.45. The molecule has 0 radical (unpaired) electrons. The maximum Gasteiger partial charge on any atom is 0.312 e. The number of halogens is 1. The number of nitro groups is 1. The van der Waals surface area contributed by atoms with Gasteiger partial charge in [0.25, 0.3) is 0 Å². The summed E-state index contributed by atoms with van der Waals surface area (Å²) in [5, 5.41) is 18.3. The summed E-state index contributed by atoms with van der Waals surface area (Å²) in [5.41, 5.74) is 1.10. The van der Waals surface area contributed by atoms with Crippen LogP contribution in [0.3, 0.4) is 0 Å². The van der Waals surface area contributed by atoms with Gasteiger partial charge in [0, 0.05) is 5.69 Å². The van der Waals surface area contributed by atoms with Gasteiger partial charge in [0.15, 0.2) is 0 Å². The Morgan fingerprint density at radius 3 is 2.50 bits per heavy atom. The van der Waals surface area contributed by atoms with Crippen molar-refractivity contribution in [2.45, 2.75) is 20.4 Å². The largest absolute Gasteiger partial charge is 0.456 e. The highest BCUT2D eigenvalue weighted by Crippen LogP contribution is 2.29. The van der Waals surface area contributed by atoms with Gasteiger partial charge in [-0.05, 0) is 50.2 Å². The van der Waals surface area contributed by atoms with E-state index in [9.17, 15) is 14.9 Å². The first-order valence-corrected chi connectivity index (χ1v) is 8.73. The van der Waals surface area contributed by atoms with Crippen LogP contribution < -0.4 is 10.1 Å². The fourth-order valence-corrected chi connectivity index (χ4v) is 2.88. The summed E-state index contributed by atoms with van der Waals surface area (Å²) < 4.78 is 7.01. The Labute approximate surface area is 165 Å². The maximum absolute atomic E-state index is 12.3. The molecule has 0 aliphatic rings. The van der Waals surface area contributed by atoms with Crippen molar-refractivity contribution in [2.75, 3.05) is 5.32 Å².